The Bertz CT molecular complexity index is 446. The molecule has 0 heterocycles. The highest BCUT2D eigenvalue weighted by atomic mass is 32.2. The summed E-state index contributed by atoms with van der Waals surface area (Å²) >= 11 is 0. The molecule has 1 unspecified atom stereocenters. The van der Waals surface area contributed by atoms with E-state index in [1.54, 1.807) is 0 Å². The Labute approximate surface area is 99.3 Å². The van der Waals surface area contributed by atoms with Crippen molar-refractivity contribution in [3.05, 3.63) is 30.1 Å². The molecule has 0 aliphatic carbocycles. The van der Waals surface area contributed by atoms with Gasteiger partial charge in [0.1, 0.15) is 5.82 Å². The molecule has 0 bridgehead atoms. The predicted molar refractivity (Wildman–Crippen MR) is 59.5 cm³/mol. The maximum atomic E-state index is 12.6. The molecule has 0 aliphatic heterocycles. The zero-order valence-corrected chi connectivity index (χ0v) is 10.1. The summed E-state index contributed by atoms with van der Waals surface area (Å²) in [6, 6.07) is 4.42. The van der Waals surface area contributed by atoms with Crippen molar-refractivity contribution in [3.63, 3.8) is 0 Å². The van der Waals surface area contributed by atoms with Crippen LogP contribution < -0.4 is 4.72 Å². The molecular formula is C10H14FNO4S. The van der Waals surface area contributed by atoms with Crippen molar-refractivity contribution in [2.45, 2.75) is 11.0 Å². The number of aliphatic hydroxyl groups is 1. The Balaban J connectivity index is 2.66. The molecule has 7 heteroatoms. The van der Waals surface area contributed by atoms with E-state index in [4.69, 9.17) is 0 Å². The Morgan fingerprint density at radius 1 is 1.41 bits per heavy atom. The van der Waals surface area contributed by atoms with E-state index in [-0.39, 0.29) is 18.0 Å². The Morgan fingerprint density at radius 2 is 2.00 bits per heavy atom. The van der Waals surface area contributed by atoms with Gasteiger partial charge in [0.15, 0.2) is 0 Å². The van der Waals surface area contributed by atoms with Crippen LogP contribution in [-0.4, -0.2) is 39.9 Å². The van der Waals surface area contributed by atoms with Gasteiger partial charge in [0.05, 0.1) is 17.6 Å². The van der Waals surface area contributed by atoms with Gasteiger partial charge in [0, 0.05) is 13.7 Å². The van der Waals surface area contributed by atoms with Crippen molar-refractivity contribution in [3.8, 4) is 0 Å². The monoisotopic (exact) mass is 263 g/mol. The van der Waals surface area contributed by atoms with Crippen molar-refractivity contribution in [2.24, 2.45) is 0 Å². The number of sulfonamides is 1. The summed E-state index contributed by atoms with van der Waals surface area (Å²) in [5.41, 5.74) is 0. The highest BCUT2D eigenvalue weighted by Gasteiger charge is 2.15. The molecule has 0 aromatic heterocycles. The van der Waals surface area contributed by atoms with Gasteiger partial charge in [-0.1, -0.05) is 0 Å². The number of nitrogens with one attached hydrogen (secondary N) is 1. The minimum atomic E-state index is -3.72. The van der Waals surface area contributed by atoms with Crippen LogP contribution in [0.3, 0.4) is 0 Å². The SMILES string of the molecule is COCC(O)CNS(=O)(=O)c1ccc(F)cc1. The van der Waals surface area contributed by atoms with E-state index in [1.807, 2.05) is 0 Å². The Hall–Kier alpha value is -1.02. The zero-order valence-electron chi connectivity index (χ0n) is 9.26. The highest BCUT2D eigenvalue weighted by molar-refractivity contribution is 7.89. The average Bonchev–Trinajstić information content (AvgIpc) is 2.28. The van der Waals surface area contributed by atoms with Crippen molar-refractivity contribution < 1.29 is 22.7 Å². The van der Waals surface area contributed by atoms with Gasteiger partial charge in [-0.05, 0) is 24.3 Å². The largest absolute Gasteiger partial charge is 0.389 e. The van der Waals surface area contributed by atoms with Gasteiger partial charge in [-0.25, -0.2) is 17.5 Å². The van der Waals surface area contributed by atoms with E-state index in [0.717, 1.165) is 24.3 Å². The number of rotatable bonds is 6. The predicted octanol–water partition coefficient (Wildman–Crippen LogP) is 0.111. The molecule has 0 fully saturated rings. The van der Waals surface area contributed by atoms with E-state index < -0.39 is 21.9 Å². The van der Waals surface area contributed by atoms with Crippen molar-refractivity contribution >= 4 is 10.0 Å². The molecule has 0 spiro atoms. The molecule has 0 aliphatic rings. The molecule has 17 heavy (non-hydrogen) atoms. The molecule has 1 aromatic rings. The Kier molecular flexibility index (Phi) is 5.01. The summed E-state index contributed by atoms with van der Waals surface area (Å²) in [7, 11) is -2.32. The lowest BCUT2D eigenvalue weighted by atomic mass is 10.4. The normalized spacial score (nSPS) is 13.6. The smallest absolute Gasteiger partial charge is 0.240 e. The van der Waals surface area contributed by atoms with E-state index in [2.05, 4.69) is 9.46 Å². The minimum Gasteiger partial charge on any atom is -0.389 e. The standard InChI is InChI=1S/C10H14FNO4S/c1-16-7-9(13)6-12-17(14,15)10-4-2-8(11)3-5-10/h2-5,9,12-13H,6-7H2,1H3. The van der Waals surface area contributed by atoms with Crippen LogP contribution in [-0.2, 0) is 14.8 Å². The van der Waals surface area contributed by atoms with Crippen LogP contribution in [0.15, 0.2) is 29.2 Å². The van der Waals surface area contributed by atoms with E-state index in [0.29, 0.717) is 0 Å². The molecule has 5 nitrogen and oxygen atoms in total. The van der Waals surface area contributed by atoms with Gasteiger partial charge >= 0.3 is 0 Å². The van der Waals surface area contributed by atoms with Gasteiger partial charge in [0.2, 0.25) is 10.0 Å². The molecular weight excluding hydrogens is 249 g/mol. The first-order valence-corrected chi connectivity index (χ1v) is 6.36. The lowest BCUT2D eigenvalue weighted by molar-refractivity contribution is 0.0679. The molecule has 0 saturated carbocycles. The summed E-state index contributed by atoms with van der Waals surface area (Å²) in [5.74, 6) is -0.511. The van der Waals surface area contributed by atoms with Gasteiger partial charge in [-0.15, -0.1) is 0 Å². The molecule has 96 valence electrons. The number of halogens is 1. The lowest BCUT2D eigenvalue weighted by Gasteiger charge is -2.11. The zero-order chi connectivity index (χ0) is 12.9. The first-order chi connectivity index (χ1) is 7.95. The summed E-state index contributed by atoms with van der Waals surface area (Å²) in [6.07, 6.45) is -0.921. The van der Waals surface area contributed by atoms with Gasteiger partial charge in [-0.2, -0.15) is 0 Å². The first-order valence-electron chi connectivity index (χ1n) is 4.88. The summed E-state index contributed by atoms with van der Waals surface area (Å²) in [4.78, 5) is -0.0523. The van der Waals surface area contributed by atoms with Crippen molar-refractivity contribution in [2.75, 3.05) is 20.3 Å². The molecule has 0 radical (unpaired) electrons. The fourth-order valence-electron chi connectivity index (χ4n) is 1.15. The minimum absolute atomic E-state index is 0.0337. The number of hydrogen-bond donors (Lipinski definition) is 2. The topological polar surface area (TPSA) is 75.6 Å². The van der Waals surface area contributed by atoms with Crippen LogP contribution in [0.1, 0.15) is 0 Å². The first kappa shape index (κ1) is 14.0. The maximum absolute atomic E-state index is 12.6. The maximum Gasteiger partial charge on any atom is 0.240 e. The van der Waals surface area contributed by atoms with Crippen LogP contribution in [0.25, 0.3) is 0 Å². The summed E-state index contributed by atoms with van der Waals surface area (Å²) in [6.45, 7) is -0.126. The van der Waals surface area contributed by atoms with Crippen LogP contribution in [0.5, 0.6) is 0 Å². The molecule has 0 amide bonds. The third kappa shape index (κ3) is 4.39. The molecule has 0 saturated heterocycles. The van der Waals surface area contributed by atoms with E-state index in [9.17, 15) is 17.9 Å². The van der Waals surface area contributed by atoms with Gasteiger partial charge in [0.25, 0.3) is 0 Å². The fourth-order valence-corrected chi connectivity index (χ4v) is 2.23. The van der Waals surface area contributed by atoms with E-state index in [1.165, 1.54) is 7.11 Å². The number of methoxy groups -OCH3 is 1. The van der Waals surface area contributed by atoms with Crippen LogP contribution in [0.4, 0.5) is 4.39 Å². The van der Waals surface area contributed by atoms with Crippen LogP contribution in [0.2, 0.25) is 0 Å². The van der Waals surface area contributed by atoms with Gasteiger partial charge < -0.3 is 9.84 Å². The Morgan fingerprint density at radius 3 is 2.53 bits per heavy atom. The quantitative estimate of drug-likeness (QED) is 0.764. The highest BCUT2D eigenvalue weighted by Crippen LogP contribution is 2.09. The number of ether oxygens (including phenoxy) is 1. The van der Waals surface area contributed by atoms with Crippen LogP contribution >= 0.6 is 0 Å². The summed E-state index contributed by atoms with van der Waals surface area (Å²) < 4.78 is 42.8. The number of aliphatic hydroxyl groups excluding tert-OH is 1. The molecule has 2 N–H and O–H groups in total. The second kappa shape index (κ2) is 6.06. The molecule has 1 atom stereocenters. The third-order valence-corrected chi connectivity index (χ3v) is 3.43. The number of hydrogen-bond acceptors (Lipinski definition) is 4. The van der Waals surface area contributed by atoms with Gasteiger partial charge in [-0.3, -0.25) is 0 Å². The lowest BCUT2D eigenvalue weighted by Crippen LogP contribution is -2.34. The average molecular weight is 263 g/mol. The van der Waals surface area contributed by atoms with Crippen LogP contribution in [0, 0.1) is 5.82 Å². The third-order valence-electron chi connectivity index (χ3n) is 1.99. The second-order valence-electron chi connectivity index (χ2n) is 3.41. The fraction of sp³-hybridized carbons (Fsp3) is 0.400. The molecule has 1 rings (SSSR count). The van der Waals surface area contributed by atoms with Crippen molar-refractivity contribution in [1.29, 1.82) is 0 Å². The second-order valence-corrected chi connectivity index (χ2v) is 5.18. The summed E-state index contributed by atoms with van der Waals surface area (Å²) in [5, 5.41) is 9.29. The molecule has 1 aromatic carbocycles. The number of benzene rings is 1. The van der Waals surface area contributed by atoms with E-state index >= 15 is 0 Å². The van der Waals surface area contributed by atoms with Crippen molar-refractivity contribution in [1.82, 2.24) is 4.72 Å².